The van der Waals surface area contributed by atoms with E-state index in [9.17, 15) is 28.9 Å². The Morgan fingerprint density at radius 1 is 1.02 bits per heavy atom. The van der Waals surface area contributed by atoms with E-state index in [-0.39, 0.29) is 30.2 Å². The molecule has 17 nitrogen and oxygen atoms in total. The van der Waals surface area contributed by atoms with E-state index in [4.69, 9.17) is 13.8 Å². The van der Waals surface area contributed by atoms with Crippen LogP contribution in [-0.2, 0) is 37.9 Å². The number of aliphatic hydroxyl groups excluding tert-OH is 1. The van der Waals surface area contributed by atoms with Crippen molar-refractivity contribution in [2.45, 2.75) is 137 Å². The van der Waals surface area contributed by atoms with E-state index in [0.29, 0.717) is 38.0 Å². The molecule has 3 rings (SSSR count). The predicted molar refractivity (Wildman–Crippen MR) is 216 cm³/mol. The molecular weight excluding hydrogens is 755 g/mol. The maximum Gasteiger partial charge on any atom is 0.472 e. The molecule has 0 aromatic carbocycles. The summed E-state index contributed by atoms with van der Waals surface area (Å²) in [6.45, 7) is 19.2. The zero-order chi connectivity index (χ0) is 42.6. The molecule has 5 N–H and O–H groups in total. The first kappa shape index (κ1) is 47.4. The van der Waals surface area contributed by atoms with E-state index < -0.39 is 48.4 Å². The third-order valence-electron chi connectivity index (χ3n) is 7.98. The first-order valence-corrected chi connectivity index (χ1v) is 20.6. The number of phosphoric acid groups is 1. The zero-order valence-corrected chi connectivity index (χ0v) is 35.8. The van der Waals surface area contributed by atoms with Crippen molar-refractivity contribution in [1.29, 1.82) is 0 Å². The second-order valence-corrected chi connectivity index (χ2v) is 18.4. The highest BCUT2D eigenvalue weighted by atomic mass is 31.2. The summed E-state index contributed by atoms with van der Waals surface area (Å²) in [5.41, 5.74) is -0.947. The number of amides is 1. The van der Waals surface area contributed by atoms with Crippen LogP contribution in [0.4, 0.5) is 0 Å². The first-order valence-electron chi connectivity index (χ1n) is 19.1. The summed E-state index contributed by atoms with van der Waals surface area (Å²) in [5, 5.41) is 25.9. The van der Waals surface area contributed by atoms with E-state index in [2.05, 4.69) is 63.5 Å². The maximum atomic E-state index is 12.7. The van der Waals surface area contributed by atoms with Crippen LogP contribution in [0.3, 0.4) is 0 Å². The summed E-state index contributed by atoms with van der Waals surface area (Å²) in [6.07, 6.45) is 5.15. The van der Waals surface area contributed by atoms with Crippen molar-refractivity contribution < 1.29 is 33.1 Å². The Hall–Kier alpha value is -4.01. The number of aromatic amines is 1. The van der Waals surface area contributed by atoms with Crippen LogP contribution < -0.4 is 21.9 Å². The first-order chi connectivity index (χ1) is 26.4. The number of carbonyl (C=O) groups is 1. The second-order valence-electron chi connectivity index (χ2n) is 17.0. The van der Waals surface area contributed by atoms with Gasteiger partial charge in [-0.2, -0.15) is 0 Å². The molecule has 0 aliphatic carbocycles. The lowest BCUT2D eigenvalue weighted by atomic mass is 9.99. The van der Waals surface area contributed by atoms with Gasteiger partial charge in [-0.3, -0.25) is 33.2 Å². The van der Waals surface area contributed by atoms with E-state index in [1.807, 2.05) is 6.20 Å². The molecule has 0 radical (unpaired) electrons. The Labute approximate surface area is 334 Å². The van der Waals surface area contributed by atoms with Crippen LogP contribution in [0.2, 0.25) is 0 Å². The van der Waals surface area contributed by atoms with Gasteiger partial charge in [-0.15, -0.1) is 5.10 Å². The van der Waals surface area contributed by atoms with Gasteiger partial charge in [0.15, 0.2) is 0 Å². The summed E-state index contributed by atoms with van der Waals surface area (Å²) in [5.74, 6) is 5.03. The molecular formula is C39H61N8O9P. The highest BCUT2D eigenvalue weighted by Gasteiger charge is 2.35. The molecule has 0 aliphatic heterocycles. The summed E-state index contributed by atoms with van der Waals surface area (Å²) in [6, 6.07) is 3.53. The summed E-state index contributed by atoms with van der Waals surface area (Å²) in [7, 11) is -4.40. The fourth-order valence-corrected chi connectivity index (χ4v) is 6.61. The number of hydrogen-bond acceptors (Lipinski definition) is 12. The second kappa shape index (κ2) is 20.6. The lowest BCUT2D eigenvalue weighted by Crippen LogP contribution is -2.45. The average molecular weight is 817 g/mol. The van der Waals surface area contributed by atoms with E-state index in [1.165, 1.54) is 6.20 Å². The van der Waals surface area contributed by atoms with Crippen molar-refractivity contribution in [2.24, 2.45) is 5.92 Å². The summed E-state index contributed by atoms with van der Waals surface area (Å²) < 4.78 is 31.7. The van der Waals surface area contributed by atoms with Gasteiger partial charge in [0.25, 0.3) is 11.5 Å². The minimum atomic E-state index is -4.40. The van der Waals surface area contributed by atoms with Gasteiger partial charge in [0, 0.05) is 49.6 Å². The standard InChI is InChI=1S/C39H61N8O9P/c1-27(26-54-57(52,53)56-39(8,9)10)33(55-38(5,6)7)32(48)25-46-22-29(35(50)43-36(46)51)15-13-11-12-14-16-31-24-47(45-44-31)23-30-18-17-28(21-41-30)34(49)40-19-20-42-37(2,3)4/h17-18,21-22,24,27,32-33,42,48H,11-12,14,16,19-20,23,25-26H2,1-10H3,(H,40,49)(H,52,53)(H,43,50,51). The lowest BCUT2D eigenvalue weighted by molar-refractivity contribution is -0.140. The summed E-state index contributed by atoms with van der Waals surface area (Å²) >= 11 is 0. The molecule has 3 heterocycles. The predicted octanol–water partition coefficient (Wildman–Crippen LogP) is 3.57. The van der Waals surface area contributed by atoms with Crippen LogP contribution in [0, 0.1) is 17.8 Å². The molecule has 0 aliphatic rings. The van der Waals surface area contributed by atoms with Crippen molar-refractivity contribution in [2.75, 3.05) is 19.7 Å². The lowest BCUT2D eigenvalue weighted by Gasteiger charge is -2.35. The Balaban J connectivity index is 1.52. The van der Waals surface area contributed by atoms with Crippen LogP contribution in [-0.4, -0.2) is 94.1 Å². The topological polar surface area (TPSA) is 225 Å². The molecule has 3 aromatic rings. The van der Waals surface area contributed by atoms with Crippen molar-refractivity contribution in [1.82, 2.24) is 40.2 Å². The number of rotatable bonds is 19. The van der Waals surface area contributed by atoms with E-state index >= 15 is 0 Å². The van der Waals surface area contributed by atoms with E-state index in [0.717, 1.165) is 28.8 Å². The highest BCUT2D eigenvalue weighted by molar-refractivity contribution is 7.47. The fraction of sp³-hybridized carbons (Fsp3) is 0.641. The highest BCUT2D eigenvalue weighted by Crippen LogP contribution is 2.47. The van der Waals surface area contributed by atoms with Crippen molar-refractivity contribution >= 4 is 13.7 Å². The number of phosphoric ester groups is 1. The Bertz CT molecular complexity index is 1980. The van der Waals surface area contributed by atoms with Gasteiger partial charge in [-0.25, -0.2) is 14.0 Å². The number of hydrogen-bond donors (Lipinski definition) is 5. The monoisotopic (exact) mass is 816 g/mol. The molecule has 0 bridgehead atoms. The number of pyridine rings is 1. The molecule has 1 amide bonds. The molecule has 18 heteroatoms. The number of aryl methyl sites for hydroxylation is 1. The SMILES string of the molecule is CC(COP(=O)(O)OC(C)(C)C)C(OC(C)(C)C)C(O)Cn1cc(C#CCCCCc2cn(Cc3ccc(C(=O)NCCNC(C)(C)C)cn3)nn2)c(=O)[nH]c1=O. The number of aliphatic hydroxyl groups is 1. The van der Waals surface area contributed by atoms with Crippen LogP contribution in [0.25, 0.3) is 0 Å². The van der Waals surface area contributed by atoms with Crippen LogP contribution >= 0.6 is 7.82 Å². The van der Waals surface area contributed by atoms with Crippen molar-refractivity contribution in [3.05, 3.63) is 74.1 Å². The van der Waals surface area contributed by atoms with Crippen LogP contribution in [0.1, 0.15) is 116 Å². The Kier molecular flexibility index (Phi) is 17.1. The largest absolute Gasteiger partial charge is 0.472 e. The molecule has 0 fully saturated rings. The third-order valence-corrected chi connectivity index (χ3v) is 9.24. The number of unbranched alkanes of at least 4 members (excludes halogenated alkanes) is 2. The van der Waals surface area contributed by atoms with Gasteiger partial charge < -0.3 is 25.4 Å². The van der Waals surface area contributed by atoms with Crippen LogP contribution in [0.5, 0.6) is 0 Å². The zero-order valence-electron chi connectivity index (χ0n) is 34.9. The number of ether oxygens (including phenoxy) is 1. The van der Waals surface area contributed by atoms with Crippen LogP contribution in [0.15, 0.2) is 40.3 Å². The Morgan fingerprint density at radius 3 is 2.37 bits per heavy atom. The molecule has 3 aromatic heterocycles. The quantitative estimate of drug-likeness (QED) is 0.0664. The van der Waals surface area contributed by atoms with Crippen molar-refractivity contribution in [3.8, 4) is 11.8 Å². The van der Waals surface area contributed by atoms with E-state index in [1.54, 1.807) is 71.5 Å². The molecule has 0 spiro atoms. The number of nitrogens with zero attached hydrogens (tertiary/aromatic N) is 5. The minimum Gasteiger partial charge on any atom is -0.389 e. The average Bonchev–Trinajstić information content (AvgIpc) is 3.53. The fourth-order valence-electron chi connectivity index (χ4n) is 5.44. The number of aromatic nitrogens is 6. The molecule has 316 valence electrons. The molecule has 4 atom stereocenters. The van der Waals surface area contributed by atoms with Gasteiger partial charge in [-0.1, -0.05) is 24.0 Å². The number of nitrogens with one attached hydrogen (secondary N) is 3. The normalized spacial score (nSPS) is 14.9. The van der Waals surface area contributed by atoms with Crippen molar-refractivity contribution in [3.63, 3.8) is 0 Å². The Morgan fingerprint density at radius 2 is 1.74 bits per heavy atom. The number of carbonyl (C=O) groups excluding carboxylic acids is 1. The maximum absolute atomic E-state index is 12.7. The van der Waals surface area contributed by atoms with Gasteiger partial charge >= 0.3 is 13.5 Å². The molecule has 57 heavy (non-hydrogen) atoms. The third kappa shape index (κ3) is 18.0. The van der Waals surface area contributed by atoms with Gasteiger partial charge in [0.2, 0.25) is 0 Å². The molecule has 0 saturated carbocycles. The molecule has 4 unspecified atom stereocenters. The van der Waals surface area contributed by atoms with Gasteiger partial charge in [-0.05, 0) is 93.7 Å². The minimum absolute atomic E-state index is 0.0180. The van der Waals surface area contributed by atoms with Gasteiger partial charge in [0.05, 0.1) is 60.1 Å². The van der Waals surface area contributed by atoms with Gasteiger partial charge in [0.1, 0.15) is 5.56 Å². The smallest absolute Gasteiger partial charge is 0.389 e. The number of H-pyrrole nitrogens is 1. The molecule has 0 saturated heterocycles. The summed E-state index contributed by atoms with van der Waals surface area (Å²) in [4.78, 5) is 54.5.